The molecule has 1 aromatic rings. The number of carbonyl (C=O) groups excluding carboxylic acids is 1. The van der Waals surface area contributed by atoms with Gasteiger partial charge in [0, 0.05) is 5.69 Å². The Morgan fingerprint density at radius 3 is 2.36 bits per heavy atom. The van der Waals surface area contributed by atoms with Crippen LogP contribution in [0.5, 0.6) is 0 Å². The summed E-state index contributed by atoms with van der Waals surface area (Å²) in [5.41, 5.74) is 3.27. The molecule has 2 heterocycles. The number of nitrogens with zero attached hydrogens (tertiary/aromatic N) is 1. The fraction of sp³-hybridized carbons (Fsp3) is 0.708. The van der Waals surface area contributed by atoms with Gasteiger partial charge in [-0.15, -0.1) is 0 Å². The molecule has 6 atom stereocenters. The van der Waals surface area contributed by atoms with Crippen LogP contribution in [0.3, 0.4) is 0 Å². The van der Waals surface area contributed by atoms with Crippen molar-refractivity contribution in [3.63, 3.8) is 0 Å². The molecule has 9 heteroatoms. The molecular formula is C24H40N2O7. The Bertz CT molecular complexity index is 723. The van der Waals surface area contributed by atoms with E-state index in [1.165, 1.54) is 19.3 Å². The number of aliphatic hydroxyl groups is 5. The number of aryl methyl sites for hydroxylation is 2. The molecule has 0 saturated carbocycles. The highest BCUT2D eigenvalue weighted by Crippen LogP contribution is 2.23. The number of hydrogen-bond donors (Lipinski definition) is 6. The number of para-hydroxylation sites is 1. The standard InChI is InChI=1S/C18H28N2O.C6H12O6/c1-4-5-12-20-13-7-6-11-16(20)18(21)19-17-14(2)9-8-10-15(17)3;7-1-2-3(8)4(9)5(10)6(11)12-2/h8-10,16H,4-7,11-13H2,1-3H3,(H,19,21);2-11H,1H2/t16-;2-,3-,4+,5-,6?/m01/s1. The Morgan fingerprint density at radius 1 is 1.09 bits per heavy atom. The fourth-order valence-electron chi connectivity index (χ4n) is 4.22. The average Bonchev–Trinajstić information content (AvgIpc) is 2.81. The highest BCUT2D eigenvalue weighted by atomic mass is 16.6. The van der Waals surface area contributed by atoms with Gasteiger partial charge < -0.3 is 35.6 Å². The van der Waals surface area contributed by atoms with Crippen LogP contribution >= 0.6 is 0 Å². The van der Waals surface area contributed by atoms with Gasteiger partial charge in [0.05, 0.1) is 12.6 Å². The molecule has 0 bridgehead atoms. The number of aliphatic hydroxyl groups excluding tert-OH is 5. The zero-order chi connectivity index (χ0) is 24.5. The van der Waals surface area contributed by atoms with Crippen molar-refractivity contribution < 1.29 is 35.1 Å². The van der Waals surface area contributed by atoms with Crippen LogP contribution in [0, 0.1) is 13.8 Å². The van der Waals surface area contributed by atoms with E-state index < -0.39 is 37.3 Å². The summed E-state index contributed by atoms with van der Waals surface area (Å²) in [6.07, 6.45) is -1.32. The van der Waals surface area contributed by atoms with Crippen molar-refractivity contribution in [2.45, 2.75) is 89.6 Å². The monoisotopic (exact) mass is 468 g/mol. The number of unbranched alkanes of at least 4 members (excludes halogenated alkanes) is 1. The molecule has 0 aliphatic carbocycles. The van der Waals surface area contributed by atoms with Crippen LogP contribution in [0.4, 0.5) is 5.69 Å². The summed E-state index contributed by atoms with van der Waals surface area (Å²) >= 11 is 0. The number of piperidine rings is 1. The van der Waals surface area contributed by atoms with Crippen molar-refractivity contribution in [2.75, 3.05) is 25.0 Å². The minimum Gasteiger partial charge on any atom is -0.394 e. The van der Waals surface area contributed by atoms with Crippen LogP contribution in [0.1, 0.15) is 50.2 Å². The van der Waals surface area contributed by atoms with Gasteiger partial charge in [0.25, 0.3) is 0 Å². The highest BCUT2D eigenvalue weighted by molar-refractivity contribution is 5.96. The van der Waals surface area contributed by atoms with Gasteiger partial charge >= 0.3 is 0 Å². The maximum Gasteiger partial charge on any atom is 0.241 e. The van der Waals surface area contributed by atoms with E-state index in [4.69, 9.17) is 25.5 Å². The van der Waals surface area contributed by atoms with E-state index in [1.807, 2.05) is 6.07 Å². The minimum atomic E-state index is -1.57. The van der Waals surface area contributed by atoms with E-state index in [-0.39, 0.29) is 11.9 Å². The van der Waals surface area contributed by atoms with Crippen LogP contribution in [0.15, 0.2) is 18.2 Å². The molecule has 2 saturated heterocycles. The molecule has 6 N–H and O–H groups in total. The van der Waals surface area contributed by atoms with E-state index in [0.29, 0.717) is 0 Å². The smallest absolute Gasteiger partial charge is 0.241 e. The van der Waals surface area contributed by atoms with E-state index in [0.717, 1.165) is 42.7 Å². The third-order valence-electron chi connectivity index (χ3n) is 6.31. The van der Waals surface area contributed by atoms with Crippen LogP contribution in [-0.4, -0.2) is 92.8 Å². The lowest BCUT2D eigenvalue weighted by molar-refractivity contribution is -0.286. The van der Waals surface area contributed by atoms with Gasteiger partial charge in [0.15, 0.2) is 6.29 Å². The number of rotatable bonds is 6. The van der Waals surface area contributed by atoms with Crippen molar-refractivity contribution in [3.8, 4) is 0 Å². The minimum absolute atomic E-state index is 0.0457. The van der Waals surface area contributed by atoms with E-state index in [1.54, 1.807) is 0 Å². The third-order valence-corrected chi connectivity index (χ3v) is 6.31. The topological polar surface area (TPSA) is 143 Å². The number of benzene rings is 1. The number of anilines is 1. The van der Waals surface area contributed by atoms with Crippen molar-refractivity contribution in [3.05, 3.63) is 29.3 Å². The van der Waals surface area contributed by atoms with Gasteiger partial charge in [0.2, 0.25) is 5.91 Å². The first-order chi connectivity index (χ1) is 15.7. The van der Waals surface area contributed by atoms with Gasteiger partial charge in [-0.3, -0.25) is 9.69 Å². The van der Waals surface area contributed by atoms with Crippen molar-refractivity contribution >= 4 is 11.6 Å². The Morgan fingerprint density at radius 2 is 1.76 bits per heavy atom. The lowest BCUT2D eigenvalue weighted by atomic mass is 10.00. The van der Waals surface area contributed by atoms with Crippen molar-refractivity contribution in [1.82, 2.24) is 4.90 Å². The molecule has 9 nitrogen and oxygen atoms in total. The summed E-state index contributed by atoms with van der Waals surface area (Å²) in [6.45, 7) is 7.89. The molecule has 188 valence electrons. The Kier molecular flexibility index (Phi) is 11.2. The van der Waals surface area contributed by atoms with Crippen molar-refractivity contribution in [1.29, 1.82) is 0 Å². The average molecular weight is 469 g/mol. The summed E-state index contributed by atoms with van der Waals surface area (Å²) in [6, 6.07) is 6.19. The van der Waals surface area contributed by atoms with Crippen LogP contribution in [0.25, 0.3) is 0 Å². The quantitative estimate of drug-likeness (QED) is 0.358. The predicted octanol–water partition coefficient (Wildman–Crippen LogP) is 0.675. The first kappa shape index (κ1) is 27.7. The summed E-state index contributed by atoms with van der Waals surface area (Å²) in [7, 11) is 0. The van der Waals surface area contributed by atoms with Crippen LogP contribution < -0.4 is 5.32 Å². The van der Waals surface area contributed by atoms with E-state index in [2.05, 4.69) is 47.9 Å². The predicted molar refractivity (Wildman–Crippen MR) is 125 cm³/mol. The molecule has 3 rings (SSSR count). The number of carbonyl (C=O) groups is 1. The maximum absolute atomic E-state index is 12.7. The zero-order valence-corrected chi connectivity index (χ0v) is 19.9. The molecular weight excluding hydrogens is 428 g/mol. The van der Waals surface area contributed by atoms with Crippen LogP contribution in [0.2, 0.25) is 0 Å². The fourth-order valence-corrected chi connectivity index (χ4v) is 4.22. The number of nitrogens with one attached hydrogen (secondary N) is 1. The van der Waals surface area contributed by atoms with Gasteiger partial charge in [0.1, 0.15) is 24.4 Å². The maximum atomic E-state index is 12.7. The molecule has 0 aromatic heterocycles. The number of likely N-dealkylation sites (tertiary alicyclic amines) is 1. The molecule has 0 radical (unpaired) electrons. The molecule has 2 aliphatic heterocycles. The second-order valence-corrected chi connectivity index (χ2v) is 8.88. The summed E-state index contributed by atoms with van der Waals surface area (Å²) in [5.74, 6) is 0.170. The van der Waals surface area contributed by atoms with Crippen LogP contribution in [-0.2, 0) is 9.53 Å². The Hall–Kier alpha value is -1.59. The highest BCUT2D eigenvalue weighted by Gasteiger charge is 2.42. The summed E-state index contributed by atoms with van der Waals surface area (Å²) in [5, 5.41) is 47.8. The van der Waals surface area contributed by atoms with Gasteiger partial charge in [-0.1, -0.05) is 38.0 Å². The second kappa shape index (κ2) is 13.3. The molecule has 33 heavy (non-hydrogen) atoms. The summed E-state index contributed by atoms with van der Waals surface area (Å²) in [4.78, 5) is 15.1. The number of ether oxygens (including phenoxy) is 1. The SMILES string of the molecule is CCCCN1CCCC[C@H]1C(=O)Nc1c(C)cccc1C.OC[C@H]1OC(O)[C@H](O)[C@@H](O)[C@@H]1O. The molecule has 1 unspecified atom stereocenters. The first-order valence-corrected chi connectivity index (χ1v) is 11.8. The second-order valence-electron chi connectivity index (χ2n) is 8.88. The summed E-state index contributed by atoms with van der Waals surface area (Å²) < 4.78 is 4.58. The molecule has 1 aromatic carbocycles. The largest absolute Gasteiger partial charge is 0.394 e. The van der Waals surface area contributed by atoms with E-state index in [9.17, 15) is 4.79 Å². The number of amides is 1. The normalized spacial score (nSPS) is 30.3. The third kappa shape index (κ3) is 7.45. The Balaban J connectivity index is 0.000000273. The Labute approximate surface area is 196 Å². The molecule has 2 fully saturated rings. The van der Waals surface area contributed by atoms with Gasteiger partial charge in [-0.25, -0.2) is 0 Å². The molecule has 1 amide bonds. The van der Waals surface area contributed by atoms with Crippen molar-refractivity contribution in [2.24, 2.45) is 0 Å². The lowest BCUT2D eigenvalue weighted by Gasteiger charge is -2.37. The van der Waals surface area contributed by atoms with E-state index >= 15 is 0 Å². The molecule has 0 spiro atoms. The van der Waals surface area contributed by atoms with Gasteiger partial charge in [-0.05, 0) is 57.3 Å². The molecule has 2 aliphatic rings. The zero-order valence-electron chi connectivity index (χ0n) is 19.9. The van der Waals surface area contributed by atoms with Gasteiger partial charge in [-0.2, -0.15) is 0 Å². The lowest BCUT2D eigenvalue weighted by Crippen LogP contribution is -2.58. The number of hydrogen-bond acceptors (Lipinski definition) is 8. The first-order valence-electron chi connectivity index (χ1n) is 11.8.